The van der Waals surface area contributed by atoms with E-state index in [1.54, 1.807) is 6.07 Å². The minimum Gasteiger partial charge on any atom is -0.332 e. The van der Waals surface area contributed by atoms with Crippen molar-refractivity contribution in [2.45, 2.75) is 25.3 Å². The number of halogens is 2. The fourth-order valence-corrected chi connectivity index (χ4v) is 2.71. The second-order valence-corrected chi connectivity index (χ2v) is 5.24. The summed E-state index contributed by atoms with van der Waals surface area (Å²) in [6, 6.07) is 5.53. The van der Waals surface area contributed by atoms with Crippen molar-refractivity contribution in [3.8, 4) is 0 Å². The van der Waals surface area contributed by atoms with Gasteiger partial charge in [-0.15, -0.1) is 0 Å². The first-order valence-corrected chi connectivity index (χ1v) is 6.55. The van der Waals surface area contributed by atoms with E-state index < -0.39 is 12.5 Å². The highest BCUT2D eigenvalue weighted by Crippen LogP contribution is 2.28. The average molecular weight is 266 g/mol. The number of nitrogens with zero attached hydrogens (tertiary/aromatic N) is 1. The van der Waals surface area contributed by atoms with Crippen LogP contribution in [0.25, 0.3) is 0 Å². The van der Waals surface area contributed by atoms with Gasteiger partial charge in [0.2, 0.25) is 0 Å². The number of likely N-dealkylation sites (tertiary alicyclic amines) is 1. The van der Waals surface area contributed by atoms with Gasteiger partial charge in [0.25, 0.3) is 11.8 Å². The van der Waals surface area contributed by atoms with E-state index in [0.717, 1.165) is 25.1 Å². The SMILES string of the molecule is O=C(c1ccc2c(c1)CNCC2)N1CCC(F)(F)C1. The number of rotatable bonds is 1. The van der Waals surface area contributed by atoms with Crippen molar-refractivity contribution in [2.75, 3.05) is 19.6 Å². The van der Waals surface area contributed by atoms with Gasteiger partial charge in [-0.1, -0.05) is 6.07 Å². The second kappa shape index (κ2) is 4.56. The van der Waals surface area contributed by atoms with Crippen molar-refractivity contribution < 1.29 is 13.6 Å². The quantitative estimate of drug-likeness (QED) is 0.841. The zero-order valence-corrected chi connectivity index (χ0v) is 10.6. The summed E-state index contributed by atoms with van der Waals surface area (Å²) in [6.07, 6.45) is 0.719. The summed E-state index contributed by atoms with van der Waals surface area (Å²) < 4.78 is 26.3. The number of alkyl halides is 2. The lowest BCUT2D eigenvalue weighted by Crippen LogP contribution is -2.32. The lowest BCUT2D eigenvalue weighted by molar-refractivity contribution is 0.0120. The molecule has 0 bridgehead atoms. The molecule has 0 aromatic heterocycles. The highest BCUT2D eigenvalue weighted by molar-refractivity contribution is 5.94. The fraction of sp³-hybridized carbons (Fsp3) is 0.500. The summed E-state index contributed by atoms with van der Waals surface area (Å²) in [7, 11) is 0. The molecule has 1 saturated heterocycles. The topological polar surface area (TPSA) is 32.3 Å². The number of nitrogens with one attached hydrogen (secondary N) is 1. The number of carbonyl (C=O) groups excluding carboxylic acids is 1. The van der Waals surface area contributed by atoms with Gasteiger partial charge in [0.15, 0.2) is 0 Å². The predicted molar refractivity (Wildman–Crippen MR) is 67.3 cm³/mol. The van der Waals surface area contributed by atoms with Gasteiger partial charge >= 0.3 is 0 Å². The summed E-state index contributed by atoms with van der Waals surface area (Å²) in [5.41, 5.74) is 2.85. The lowest BCUT2D eigenvalue weighted by atomic mass is 9.98. The maximum absolute atomic E-state index is 13.1. The monoisotopic (exact) mass is 266 g/mol. The van der Waals surface area contributed by atoms with Gasteiger partial charge in [-0.05, 0) is 36.2 Å². The number of hydrogen-bond donors (Lipinski definition) is 1. The normalized spacial score (nSPS) is 21.3. The molecule has 3 rings (SSSR count). The van der Waals surface area contributed by atoms with Crippen molar-refractivity contribution in [2.24, 2.45) is 0 Å². The molecule has 1 aromatic carbocycles. The third kappa shape index (κ3) is 2.47. The van der Waals surface area contributed by atoms with Gasteiger partial charge < -0.3 is 10.2 Å². The highest BCUT2D eigenvalue weighted by Gasteiger charge is 2.40. The summed E-state index contributed by atoms with van der Waals surface area (Å²) in [5, 5.41) is 3.24. The molecule has 0 saturated carbocycles. The molecule has 1 fully saturated rings. The van der Waals surface area contributed by atoms with Crippen molar-refractivity contribution in [1.29, 1.82) is 0 Å². The van der Waals surface area contributed by atoms with Crippen LogP contribution in [0.2, 0.25) is 0 Å². The molecule has 102 valence electrons. The van der Waals surface area contributed by atoms with E-state index in [-0.39, 0.29) is 18.9 Å². The minimum absolute atomic E-state index is 0.140. The molecular formula is C14H16F2N2O. The summed E-state index contributed by atoms with van der Waals surface area (Å²) in [5.74, 6) is -3.02. The Labute approximate surface area is 110 Å². The molecule has 0 unspecified atom stereocenters. The number of fused-ring (bicyclic) bond motifs is 1. The van der Waals surface area contributed by atoms with E-state index in [1.807, 2.05) is 12.1 Å². The average Bonchev–Trinajstić information content (AvgIpc) is 2.78. The third-order valence-corrected chi connectivity index (χ3v) is 3.80. The van der Waals surface area contributed by atoms with Gasteiger partial charge in [0.1, 0.15) is 0 Å². The van der Waals surface area contributed by atoms with E-state index in [2.05, 4.69) is 5.32 Å². The zero-order chi connectivity index (χ0) is 13.5. The zero-order valence-electron chi connectivity index (χ0n) is 10.6. The Morgan fingerprint density at radius 3 is 2.89 bits per heavy atom. The van der Waals surface area contributed by atoms with Gasteiger partial charge in [-0.2, -0.15) is 0 Å². The molecule has 0 aliphatic carbocycles. The maximum Gasteiger partial charge on any atom is 0.267 e. The van der Waals surface area contributed by atoms with Crippen molar-refractivity contribution in [3.63, 3.8) is 0 Å². The van der Waals surface area contributed by atoms with E-state index in [9.17, 15) is 13.6 Å². The highest BCUT2D eigenvalue weighted by atomic mass is 19.3. The standard InChI is InChI=1S/C14H16F2N2O/c15-14(16)4-6-18(9-14)13(19)11-2-1-10-3-5-17-8-12(10)7-11/h1-2,7,17H,3-6,8-9H2. The van der Waals surface area contributed by atoms with E-state index in [4.69, 9.17) is 0 Å². The molecule has 2 aliphatic rings. The molecule has 1 amide bonds. The van der Waals surface area contributed by atoms with Crippen LogP contribution in [0.4, 0.5) is 8.78 Å². The van der Waals surface area contributed by atoms with E-state index in [0.29, 0.717) is 5.56 Å². The Bertz CT molecular complexity index is 516. The van der Waals surface area contributed by atoms with Crippen LogP contribution >= 0.6 is 0 Å². The van der Waals surface area contributed by atoms with Crippen LogP contribution in [0.3, 0.4) is 0 Å². The Hall–Kier alpha value is -1.49. The molecule has 2 heterocycles. The number of amides is 1. The first-order valence-electron chi connectivity index (χ1n) is 6.55. The first-order chi connectivity index (χ1) is 9.05. The van der Waals surface area contributed by atoms with Crippen LogP contribution in [0.15, 0.2) is 18.2 Å². The summed E-state index contributed by atoms with van der Waals surface area (Å²) in [6.45, 7) is 1.37. The van der Waals surface area contributed by atoms with Gasteiger partial charge in [0.05, 0.1) is 6.54 Å². The van der Waals surface area contributed by atoms with E-state index in [1.165, 1.54) is 10.5 Å². The minimum atomic E-state index is -2.73. The van der Waals surface area contributed by atoms with Crippen LogP contribution in [-0.2, 0) is 13.0 Å². The molecule has 2 aliphatic heterocycles. The Balaban J connectivity index is 1.81. The molecule has 1 aromatic rings. The second-order valence-electron chi connectivity index (χ2n) is 5.24. The van der Waals surface area contributed by atoms with Gasteiger partial charge in [-0.3, -0.25) is 4.79 Å². The Kier molecular flexibility index (Phi) is 3.01. The van der Waals surface area contributed by atoms with Crippen LogP contribution in [0.1, 0.15) is 27.9 Å². The van der Waals surface area contributed by atoms with Gasteiger partial charge in [0, 0.05) is 25.1 Å². The fourth-order valence-electron chi connectivity index (χ4n) is 2.71. The van der Waals surface area contributed by atoms with Crippen LogP contribution in [-0.4, -0.2) is 36.4 Å². The van der Waals surface area contributed by atoms with Crippen LogP contribution in [0.5, 0.6) is 0 Å². The third-order valence-electron chi connectivity index (χ3n) is 3.80. The molecule has 0 atom stereocenters. The van der Waals surface area contributed by atoms with Gasteiger partial charge in [-0.25, -0.2) is 8.78 Å². The molecule has 0 radical (unpaired) electrons. The number of benzene rings is 1. The molecule has 0 spiro atoms. The molecule has 5 heteroatoms. The maximum atomic E-state index is 13.1. The number of hydrogen-bond acceptors (Lipinski definition) is 2. The summed E-state index contributed by atoms with van der Waals surface area (Å²) in [4.78, 5) is 13.4. The summed E-state index contributed by atoms with van der Waals surface area (Å²) >= 11 is 0. The molecule has 1 N–H and O–H groups in total. The predicted octanol–water partition coefficient (Wildman–Crippen LogP) is 1.81. The first kappa shape index (κ1) is 12.5. The lowest BCUT2D eigenvalue weighted by Gasteiger charge is -2.20. The smallest absolute Gasteiger partial charge is 0.267 e. The Morgan fingerprint density at radius 1 is 1.32 bits per heavy atom. The molecule has 3 nitrogen and oxygen atoms in total. The largest absolute Gasteiger partial charge is 0.332 e. The van der Waals surface area contributed by atoms with Crippen molar-refractivity contribution in [1.82, 2.24) is 10.2 Å². The van der Waals surface area contributed by atoms with Crippen LogP contribution in [0, 0.1) is 0 Å². The van der Waals surface area contributed by atoms with Crippen molar-refractivity contribution in [3.05, 3.63) is 34.9 Å². The Morgan fingerprint density at radius 2 is 2.16 bits per heavy atom. The molecule has 19 heavy (non-hydrogen) atoms. The molecular weight excluding hydrogens is 250 g/mol. The van der Waals surface area contributed by atoms with Crippen molar-refractivity contribution >= 4 is 5.91 Å². The number of carbonyl (C=O) groups is 1. The van der Waals surface area contributed by atoms with E-state index >= 15 is 0 Å². The van der Waals surface area contributed by atoms with Crippen LogP contribution < -0.4 is 5.32 Å².